The maximum Gasteiger partial charge on any atom is 0.170 e. The van der Waals surface area contributed by atoms with Crippen molar-refractivity contribution in [3.05, 3.63) is 0 Å². The fourth-order valence-electron chi connectivity index (χ4n) is 2.06. The molecule has 15 heavy (non-hydrogen) atoms. The van der Waals surface area contributed by atoms with Crippen LogP contribution in [0.5, 0.6) is 0 Å². The van der Waals surface area contributed by atoms with Gasteiger partial charge in [0.2, 0.25) is 0 Å². The molecule has 0 aromatic carbocycles. The first-order valence-electron chi connectivity index (χ1n) is 5.67. The van der Waals surface area contributed by atoms with Crippen molar-refractivity contribution in [1.29, 1.82) is 0 Å². The Labute approximate surface area is 90.6 Å². The monoisotopic (exact) mass is 216 g/mol. The molecule has 0 radical (unpaired) electrons. The van der Waals surface area contributed by atoms with Crippen molar-refractivity contribution < 1.29 is 14.6 Å². The van der Waals surface area contributed by atoms with E-state index in [0.29, 0.717) is 0 Å². The Balaban J connectivity index is 1.64. The highest BCUT2D eigenvalue weighted by Crippen LogP contribution is 2.08. The summed E-state index contributed by atoms with van der Waals surface area (Å²) in [7, 11) is 0. The van der Waals surface area contributed by atoms with Gasteiger partial charge in [-0.1, -0.05) is 0 Å². The Hall–Kier alpha value is -0.200. The first kappa shape index (κ1) is 11.3. The van der Waals surface area contributed by atoms with Crippen LogP contribution in [0.25, 0.3) is 0 Å². The quantitative estimate of drug-likeness (QED) is 0.651. The van der Waals surface area contributed by atoms with Crippen LogP contribution in [0.3, 0.4) is 0 Å². The molecular weight excluding hydrogens is 196 g/mol. The Kier molecular flexibility index (Phi) is 4.34. The molecule has 0 aromatic rings. The fraction of sp³-hybridized carbons (Fsp3) is 1.00. The van der Waals surface area contributed by atoms with E-state index < -0.39 is 0 Å². The number of aliphatic hydroxyl groups excluding tert-OH is 1. The van der Waals surface area contributed by atoms with E-state index in [0.717, 1.165) is 52.5 Å². The van der Waals surface area contributed by atoms with Gasteiger partial charge in [0.25, 0.3) is 0 Å². The molecule has 2 saturated heterocycles. The van der Waals surface area contributed by atoms with E-state index in [9.17, 15) is 0 Å². The highest BCUT2D eigenvalue weighted by atomic mass is 16.7. The number of aliphatic hydroxyl groups is 1. The van der Waals surface area contributed by atoms with Crippen LogP contribution in [0.1, 0.15) is 0 Å². The van der Waals surface area contributed by atoms with Gasteiger partial charge < -0.3 is 14.6 Å². The molecule has 2 aliphatic rings. The summed E-state index contributed by atoms with van der Waals surface area (Å²) >= 11 is 0. The molecule has 0 bridgehead atoms. The molecule has 0 spiro atoms. The Morgan fingerprint density at radius 3 is 2.20 bits per heavy atom. The van der Waals surface area contributed by atoms with E-state index >= 15 is 0 Å². The van der Waals surface area contributed by atoms with Gasteiger partial charge in [0, 0.05) is 39.3 Å². The van der Waals surface area contributed by atoms with E-state index in [1.54, 1.807) is 0 Å². The zero-order valence-corrected chi connectivity index (χ0v) is 9.10. The molecule has 0 aliphatic carbocycles. The minimum atomic E-state index is -0.0191. The lowest BCUT2D eigenvalue weighted by Gasteiger charge is -2.35. The van der Waals surface area contributed by atoms with Crippen molar-refractivity contribution in [2.45, 2.75) is 6.29 Å². The average Bonchev–Trinajstić information content (AvgIpc) is 2.74. The van der Waals surface area contributed by atoms with Crippen LogP contribution >= 0.6 is 0 Å². The number of rotatable bonds is 4. The molecule has 0 atom stereocenters. The van der Waals surface area contributed by atoms with Crippen molar-refractivity contribution in [2.24, 2.45) is 0 Å². The minimum absolute atomic E-state index is 0.0191. The summed E-state index contributed by atoms with van der Waals surface area (Å²) in [5.41, 5.74) is 0. The summed E-state index contributed by atoms with van der Waals surface area (Å²) < 4.78 is 10.8. The number of hydrogen-bond donors (Lipinski definition) is 1. The molecular formula is C10H20N2O3. The second kappa shape index (κ2) is 5.77. The average molecular weight is 216 g/mol. The van der Waals surface area contributed by atoms with Gasteiger partial charge in [-0.05, 0) is 0 Å². The molecule has 0 amide bonds. The van der Waals surface area contributed by atoms with Gasteiger partial charge >= 0.3 is 0 Å². The van der Waals surface area contributed by atoms with Crippen LogP contribution < -0.4 is 0 Å². The van der Waals surface area contributed by atoms with Gasteiger partial charge in [-0.25, -0.2) is 0 Å². The lowest BCUT2D eigenvalue weighted by Crippen LogP contribution is -2.49. The van der Waals surface area contributed by atoms with Gasteiger partial charge in [-0.15, -0.1) is 0 Å². The first-order valence-corrected chi connectivity index (χ1v) is 5.67. The summed E-state index contributed by atoms with van der Waals surface area (Å²) in [5, 5.41) is 8.82. The topological polar surface area (TPSA) is 45.2 Å². The maximum absolute atomic E-state index is 8.82. The van der Waals surface area contributed by atoms with Crippen molar-refractivity contribution in [3.8, 4) is 0 Å². The molecule has 2 fully saturated rings. The summed E-state index contributed by atoms with van der Waals surface area (Å²) in [6.45, 7) is 7.56. The van der Waals surface area contributed by atoms with Crippen molar-refractivity contribution in [1.82, 2.24) is 9.80 Å². The molecule has 0 unspecified atom stereocenters. The molecule has 5 heteroatoms. The maximum atomic E-state index is 8.82. The number of ether oxygens (including phenoxy) is 2. The fourth-order valence-corrected chi connectivity index (χ4v) is 2.06. The molecule has 2 rings (SSSR count). The van der Waals surface area contributed by atoms with E-state index in [-0.39, 0.29) is 12.9 Å². The second-order valence-corrected chi connectivity index (χ2v) is 4.04. The first-order chi connectivity index (χ1) is 7.38. The zero-order valence-electron chi connectivity index (χ0n) is 9.10. The number of nitrogens with zero attached hydrogens (tertiary/aromatic N) is 2. The van der Waals surface area contributed by atoms with Gasteiger partial charge in [0.1, 0.15) is 0 Å². The lowest BCUT2D eigenvalue weighted by molar-refractivity contribution is -0.0678. The van der Waals surface area contributed by atoms with Gasteiger partial charge in [0.15, 0.2) is 6.29 Å². The highest BCUT2D eigenvalue weighted by Gasteiger charge is 2.22. The standard InChI is InChI=1S/C10H20N2O3/c13-6-5-11-1-3-12(4-2-11)9-10-14-7-8-15-10/h10,13H,1-9H2. The van der Waals surface area contributed by atoms with E-state index in [1.807, 2.05) is 0 Å². The lowest BCUT2D eigenvalue weighted by atomic mass is 10.3. The van der Waals surface area contributed by atoms with Crippen LogP contribution in [-0.4, -0.2) is 80.3 Å². The van der Waals surface area contributed by atoms with Crippen LogP contribution in [0, 0.1) is 0 Å². The number of β-amino-alcohol motifs (C(OH)–C–C–N with tert-alkyl or cyclic N) is 1. The third-order valence-electron chi connectivity index (χ3n) is 2.98. The van der Waals surface area contributed by atoms with Gasteiger partial charge in [0.05, 0.1) is 19.8 Å². The van der Waals surface area contributed by atoms with Gasteiger partial charge in [-0.2, -0.15) is 0 Å². The third-order valence-corrected chi connectivity index (χ3v) is 2.98. The van der Waals surface area contributed by atoms with Crippen LogP contribution in [0.4, 0.5) is 0 Å². The summed E-state index contributed by atoms with van der Waals surface area (Å²) in [6, 6.07) is 0. The van der Waals surface area contributed by atoms with Crippen molar-refractivity contribution >= 4 is 0 Å². The van der Waals surface area contributed by atoms with Gasteiger partial charge in [-0.3, -0.25) is 9.80 Å². The normalized spacial score (nSPS) is 26.2. The molecule has 88 valence electrons. The Morgan fingerprint density at radius 1 is 1.00 bits per heavy atom. The predicted octanol–water partition coefficient (Wildman–Crippen LogP) is -1.03. The third kappa shape index (κ3) is 3.39. The van der Waals surface area contributed by atoms with Crippen molar-refractivity contribution in [3.63, 3.8) is 0 Å². The Bertz CT molecular complexity index is 178. The highest BCUT2D eigenvalue weighted by molar-refractivity contribution is 4.73. The SMILES string of the molecule is OCCN1CCN(CC2OCCO2)CC1. The summed E-state index contributed by atoms with van der Waals surface area (Å²) in [4.78, 5) is 4.65. The molecule has 0 aromatic heterocycles. The zero-order chi connectivity index (χ0) is 10.5. The summed E-state index contributed by atoms with van der Waals surface area (Å²) in [6.07, 6.45) is -0.0191. The predicted molar refractivity (Wildman–Crippen MR) is 55.7 cm³/mol. The smallest absolute Gasteiger partial charge is 0.170 e. The largest absolute Gasteiger partial charge is 0.395 e. The number of hydrogen-bond acceptors (Lipinski definition) is 5. The Morgan fingerprint density at radius 2 is 1.60 bits per heavy atom. The second-order valence-electron chi connectivity index (χ2n) is 4.04. The molecule has 0 saturated carbocycles. The van der Waals surface area contributed by atoms with Crippen LogP contribution in [-0.2, 0) is 9.47 Å². The molecule has 1 N–H and O–H groups in total. The van der Waals surface area contributed by atoms with E-state index in [1.165, 1.54) is 0 Å². The summed E-state index contributed by atoms with van der Waals surface area (Å²) in [5.74, 6) is 0. The minimum Gasteiger partial charge on any atom is -0.395 e. The molecule has 2 heterocycles. The molecule has 2 aliphatic heterocycles. The van der Waals surface area contributed by atoms with E-state index in [2.05, 4.69) is 9.80 Å². The van der Waals surface area contributed by atoms with Crippen molar-refractivity contribution in [2.75, 3.05) is 59.1 Å². The molecule has 5 nitrogen and oxygen atoms in total. The number of piperazine rings is 1. The van der Waals surface area contributed by atoms with Crippen LogP contribution in [0.15, 0.2) is 0 Å². The van der Waals surface area contributed by atoms with E-state index in [4.69, 9.17) is 14.6 Å². The van der Waals surface area contributed by atoms with Crippen LogP contribution in [0.2, 0.25) is 0 Å².